The Kier molecular flexibility index (Phi) is 6.88. The molecule has 2 aromatic carbocycles. The van der Waals surface area contributed by atoms with Crippen LogP contribution in [0.1, 0.15) is 62.4 Å². The highest BCUT2D eigenvalue weighted by Gasteiger charge is 2.17. The lowest BCUT2D eigenvalue weighted by atomic mass is 9.98. The number of aryl methyl sites for hydroxylation is 2. The van der Waals surface area contributed by atoms with Crippen molar-refractivity contribution >= 4 is 11.6 Å². The summed E-state index contributed by atoms with van der Waals surface area (Å²) in [6.45, 7) is 7.22. The third-order valence-corrected chi connectivity index (χ3v) is 6.30. The lowest BCUT2D eigenvalue weighted by Gasteiger charge is -2.16. The number of nitrogens with zero attached hydrogens (tertiary/aromatic N) is 3. The van der Waals surface area contributed by atoms with Crippen molar-refractivity contribution in [3.63, 3.8) is 0 Å². The number of aromatic nitrogens is 3. The van der Waals surface area contributed by atoms with Crippen molar-refractivity contribution in [3.05, 3.63) is 59.4 Å². The van der Waals surface area contributed by atoms with Crippen LogP contribution in [-0.2, 0) is 17.8 Å². The van der Waals surface area contributed by atoms with Gasteiger partial charge in [0.2, 0.25) is 0 Å². The molecule has 168 valence electrons. The van der Waals surface area contributed by atoms with Crippen LogP contribution in [0.3, 0.4) is 0 Å². The normalized spacial score (nSPS) is 14.3. The average molecular weight is 433 g/mol. The molecule has 6 heteroatoms. The third-order valence-electron chi connectivity index (χ3n) is 6.30. The number of nitrogens with one attached hydrogen (secondary N) is 1. The van der Waals surface area contributed by atoms with E-state index in [1.54, 1.807) is 0 Å². The molecule has 0 saturated carbocycles. The van der Waals surface area contributed by atoms with Crippen molar-refractivity contribution in [3.8, 4) is 17.1 Å². The van der Waals surface area contributed by atoms with E-state index in [9.17, 15) is 4.79 Å². The number of carbonyl (C=O) groups excluding carboxylic acids is 1. The van der Waals surface area contributed by atoms with Crippen LogP contribution in [0.25, 0.3) is 11.4 Å². The standard InChI is InChI=1S/C26H32N4O2/c1-4-18(2)21-10-7-8-11-23(21)32-17-25(31)27-22-16-20(14-13-19(22)3)26-29-28-24-12-6-5-9-15-30(24)26/h7-8,10-11,13-14,16,18H,4-6,9,12,15,17H2,1-3H3,(H,27,31). The minimum Gasteiger partial charge on any atom is -0.483 e. The van der Waals surface area contributed by atoms with Gasteiger partial charge < -0.3 is 14.6 Å². The topological polar surface area (TPSA) is 69.0 Å². The van der Waals surface area contributed by atoms with Crippen LogP contribution < -0.4 is 10.1 Å². The molecule has 0 radical (unpaired) electrons. The summed E-state index contributed by atoms with van der Waals surface area (Å²) in [6.07, 6.45) is 5.51. The Morgan fingerprint density at radius 3 is 2.84 bits per heavy atom. The van der Waals surface area contributed by atoms with Crippen LogP contribution in [0.15, 0.2) is 42.5 Å². The number of carbonyl (C=O) groups is 1. The van der Waals surface area contributed by atoms with Gasteiger partial charge in [-0.2, -0.15) is 0 Å². The number of amides is 1. The molecule has 2 heterocycles. The van der Waals surface area contributed by atoms with E-state index in [0.29, 0.717) is 5.92 Å². The van der Waals surface area contributed by atoms with Crippen LogP contribution >= 0.6 is 0 Å². The zero-order chi connectivity index (χ0) is 22.5. The molecular weight excluding hydrogens is 400 g/mol. The molecule has 1 unspecified atom stereocenters. The van der Waals surface area contributed by atoms with Gasteiger partial charge in [0.05, 0.1) is 0 Å². The highest BCUT2D eigenvalue weighted by atomic mass is 16.5. The average Bonchev–Trinajstić information content (AvgIpc) is 3.06. The van der Waals surface area contributed by atoms with Crippen LogP contribution in [0.2, 0.25) is 0 Å². The Labute approximate surface area is 190 Å². The molecule has 4 rings (SSSR count). The minimum absolute atomic E-state index is 0.0303. The van der Waals surface area contributed by atoms with E-state index in [0.717, 1.165) is 72.0 Å². The van der Waals surface area contributed by atoms with E-state index in [1.807, 2.05) is 43.3 Å². The second-order valence-electron chi connectivity index (χ2n) is 8.62. The fourth-order valence-corrected chi connectivity index (χ4v) is 4.16. The first-order valence-corrected chi connectivity index (χ1v) is 11.6. The Bertz CT molecular complexity index is 1090. The number of anilines is 1. The quantitative estimate of drug-likeness (QED) is 0.534. The first-order valence-electron chi connectivity index (χ1n) is 11.6. The predicted octanol–water partition coefficient (Wildman–Crippen LogP) is 5.51. The van der Waals surface area contributed by atoms with Gasteiger partial charge in [-0.25, -0.2) is 0 Å². The van der Waals surface area contributed by atoms with Crippen LogP contribution in [0.4, 0.5) is 5.69 Å². The van der Waals surface area contributed by atoms with Gasteiger partial charge in [-0.1, -0.05) is 50.6 Å². The summed E-state index contributed by atoms with van der Waals surface area (Å²) in [5, 5.41) is 11.9. The smallest absolute Gasteiger partial charge is 0.262 e. The highest BCUT2D eigenvalue weighted by molar-refractivity contribution is 5.93. The summed E-state index contributed by atoms with van der Waals surface area (Å²) < 4.78 is 8.11. The van der Waals surface area contributed by atoms with Crippen molar-refractivity contribution in [1.82, 2.24) is 14.8 Å². The van der Waals surface area contributed by atoms with Gasteiger partial charge in [0.25, 0.3) is 5.91 Å². The number of rotatable bonds is 7. The molecular formula is C26H32N4O2. The molecule has 0 aliphatic carbocycles. The SMILES string of the molecule is CCC(C)c1ccccc1OCC(=O)Nc1cc(-c2nnc3n2CCCCC3)ccc1C. The van der Waals surface area contributed by atoms with Crippen molar-refractivity contribution < 1.29 is 9.53 Å². The van der Waals surface area contributed by atoms with Gasteiger partial charge in [-0.05, 0) is 55.4 Å². The van der Waals surface area contributed by atoms with Gasteiger partial charge >= 0.3 is 0 Å². The molecule has 0 spiro atoms. The summed E-state index contributed by atoms with van der Waals surface area (Å²) in [5.41, 5.74) is 3.87. The Morgan fingerprint density at radius 1 is 1.16 bits per heavy atom. The molecule has 0 fully saturated rings. The molecule has 0 bridgehead atoms. The fourth-order valence-electron chi connectivity index (χ4n) is 4.16. The van der Waals surface area contributed by atoms with Crippen molar-refractivity contribution in [2.75, 3.05) is 11.9 Å². The largest absolute Gasteiger partial charge is 0.483 e. The molecule has 1 amide bonds. The number of para-hydroxylation sites is 1. The van der Waals surface area contributed by atoms with Gasteiger partial charge in [-0.15, -0.1) is 10.2 Å². The number of ether oxygens (including phenoxy) is 1. The van der Waals surface area contributed by atoms with E-state index in [1.165, 1.54) is 6.42 Å². The lowest BCUT2D eigenvalue weighted by Crippen LogP contribution is -2.21. The fraction of sp³-hybridized carbons (Fsp3) is 0.423. The minimum atomic E-state index is -0.177. The van der Waals surface area contributed by atoms with Crippen molar-refractivity contribution in [2.24, 2.45) is 0 Å². The molecule has 1 N–H and O–H groups in total. The van der Waals surface area contributed by atoms with Gasteiger partial charge in [0.15, 0.2) is 12.4 Å². The molecule has 1 aliphatic rings. The molecule has 3 aromatic rings. The van der Waals surface area contributed by atoms with Gasteiger partial charge in [0.1, 0.15) is 11.6 Å². The van der Waals surface area contributed by atoms with Crippen LogP contribution in [-0.4, -0.2) is 27.3 Å². The van der Waals surface area contributed by atoms with Crippen molar-refractivity contribution in [1.29, 1.82) is 0 Å². The van der Waals surface area contributed by atoms with Crippen molar-refractivity contribution in [2.45, 2.75) is 65.3 Å². The summed E-state index contributed by atoms with van der Waals surface area (Å²) in [4.78, 5) is 12.7. The van der Waals surface area contributed by atoms with E-state index in [-0.39, 0.29) is 12.5 Å². The summed E-state index contributed by atoms with van der Waals surface area (Å²) in [5.74, 6) is 2.90. The number of hydrogen-bond donors (Lipinski definition) is 1. The Morgan fingerprint density at radius 2 is 2.00 bits per heavy atom. The van der Waals surface area contributed by atoms with Crippen LogP contribution in [0, 0.1) is 6.92 Å². The second-order valence-corrected chi connectivity index (χ2v) is 8.62. The monoisotopic (exact) mass is 432 g/mol. The molecule has 32 heavy (non-hydrogen) atoms. The Balaban J connectivity index is 1.48. The maximum absolute atomic E-state index is 12.7. The molecule has 6 nitrogen and oxygen atoms in total. The highest BCUT2D eigenvalue weighted by Crippen LogP contribution is 2.29. The number of fused-ring (bicyclic) bond motifs is 1. The Hall–Kier alpha value is -3.15. The lowest BCUT2D eigenvalue weighted by molar-refractivity contribution is -0.118. The number of hydrogen-bond acceptors (Lipinski definition) is 4. The molecule has 1 aliphatic heterocycles. The van der Waals surface area contributed by atoms with E-state index in [2.05, 4.69) is 40.0 Å². The number of benzene rings is 2. The van der Waals surface area contributed by atoms with Gasteiger partial charge in [0, 0.05) is 24.2 Å². The summed E-state index contributed by atoms with van der Waals surface area (Å²) in [6, 6.07) is 14.0. The summed E-state index contributed by atoms with van der Waals surface area (Å²) >= 11 is 0. The van der Waals surface area contributed by atoms with Gasteiger partial charge in [-0.3, -0.25) is 4.79 Å². The molecule has 1 atom stereocenters. The zero-order valence-corrected chi connectivity index (χ0v) is 19.2. The summed E-state index contributed by atoms with van der Waals surface area (Å²) in [7, 11) is 0. The first-order chi connectivity index (χ1) is 15.6. The van der Waals surface area contributed by atoms with Crippen LogP contribution in [0.5, 0.6) is 5.75 Å². The van der Waals surface area contributed by atoms with E-state index >= 15 is 0 Å². The maximum Gasteiger partial charge on any atom is 0.262 e. The zero-order valence-electron chi connectivity index (χ0n) is 19.2. The first kappa shape index (κ1) is 22.1. The predicted molar refractivity (Wildman–Crippen MR) is 127 cm³/mol. The molecule has 1 aromatic heterocycles. The molecule has 0 saturated heterocycles. The second kappa shape index (κ2) is 9.98. The van der Waals surface area contributed by atoms with E-state index < -0.39 is 0 Å². The third kappa shape index (κ3) is 4.85. The maximum atomic E-state index is 12.7. The van der Waals surface area contributed by atoms with E-state index in [4.69, 9.17) is 4.74 Å².